The molecule has 0 saturated heterocycles. The third-order valence-electron chi connectivity index (χ3n) is 11.1. The average Bonchev–Trinajstić information content (AvgIpc) is 1.60. The van der Waals surface area contributed by atoms with Gasteiger partial charge in [-0.15, -0.1) is 0 Å². The Morgan fingerprint density at radius 3 is 1.72 bits per heavy atom. The molecule has 43 heteroatoms. The van der Waals surface area contributed by atoms with Gasteiger partial charge in [-0.05, 0) is 86.7 Å². The van der Waals surface area contributed by atoms with Crippen LogP contribution in [0.2, 0.25) is 5.02 Å². The molecule has 2 aromatic carbocycles. The minimum atomic E-state index is -4.71. The molecule has 1 aliphatic carbocycles. The molecule has 7 amide bonds. The number of benzene rings is 2. The first-order valence-corrected chi connectivity index (χ1v) is 31.4. The van der Waals surface area contributed by atoms with Crippen LogP contribution in [0.1, 0.15) is 58.9 Å². The lowest BCUT2D eigenvalue weighted by molar-refractivity contribution is -0.138. The van der Waals surface area contributed by atoms with Crippen molar-refractivity contribution >= 4 is 122 Å². The van der Waals surface area contributed by atoms with E-state index >= 15 is 0 Å². The lowest BCUT2D eigenvalue weighted by Crippen LogP contribution is -2.36. The number of nitrogens with one attached hydrogen (secondary N) is 5. The van der Waals surface area contributed by atoms with Crippen LogP contribution in [0.5, 0.6) is 23.5 Å². The summed E-state index contributed by atoms with van der Waals surface area (Å²) in [4.78, 5) is 130. The largest absolute Gasteiger partial charge is 0.481 e. The number of halogens is 6. The molecule has 508 valence electrons. The Kier molecular flexibility index (Phi) is 28.4. The molecule has 3 aromatic heterocycles. The monoisotopic (exact) mass is 1430 g/mol. The SMILES string of the molecule is CCOC(=O)/C(Cl)=C/c1cc(N2C(=O)C3=C(CCCC3)C2=O)ccc1Cl.COc1cc(OC)nc(NC(=O)NS(=O)(=O)c2ncccc2C(=O)N(C)C)n1.O=C(Nc1nc(OC(F)F)cc(OC(F)F)n1)NS(=O)(=O)c1ccccc1C(=O)O.O=C(O)CNCP(=O)(O)O. The van der Waals surface area contributed by atoms with E-state index in [4.69, 9.17) is 57.4 Å². The number of sulfonamides is 2. The number of carbonyl (C=O) groups excluding carboxylic acids is 6. The highest BCUT2D eigenvalue weighted by molar-refractivity contribution is 7.90. The number of amides is 7. The van der Waals surface area contributed by atoms with Crippen molar-refractivity contribution < 1.29 is 121 Å². The first-order valence-electron chi connectivity index (χ1n) is 25.8. The average molecular weight is 1430 g/mol. The number of nitrogens with zero attached hydrogens (tertiary/aromatic N) is 7. The molecule has 5 aromatic rings. The third-order valence-corrected chi connectivity index (χ3v) is 15.1. The lowest BCUT2D eigenvalue weighted by atomic mass is 9.93. The number of carboxylic acid groups (broad SMARTS) is 2. The van der Waals surface area contributed by atoms with Crippen LogP contribution in [-0.4, -0.2) is 175 Å². The van der Waals surface area contributed by atoms with Crippen LogP contribution in [0.25, 0.3) is 6.08 Å². The Morgan fingerprint density at radius 2 is 1.24 bits per heavy atom. The molecule has 4 heterocycles. The van der Waals surface area contributed by atoms with Crippen molar-refractivity contribution in [2.24, 2.45) is 0 Å². The number of aromatic carboxylic acids is 1. The summed E-state index contributed by atoms with van der Waals surface area (Å²) in [7, 11) is -7.66. The maximum atomic E-state index is 12.7. The summed E-state index contributed by atoms with van der Waals surface area (Å²) in [6.45, 7) is -5.38. The van der Waals surface area contributed by atoms with Crippen LogP contribution in [0.3, 0.4) is 0 Å². The van der Waals surface area contributed by atoms with Gasteiger partial charge in [0.05, 0.1) is 62.6 Å². The maximum Gasteiger partial charge on any atom is 0.388 e. The first-order chi connectivity index (χ1) is 44.0. The van der Waals surface area contributed by atoms with Gasteiger partial charge >= 0.3 is 50.8 Å². The van der Waals surface area contributed by atoms with Crippen molar-refractivity contribution in [1.82, 2.24) is 44.6 Å². The van der Waals surface area contributed by atoms with Crippen molar-refractivity contribution in [3.8, 4) is 23.5 Å². The van der Waals surface area contributed by atoms with Gasteiger partial charge < -0.3 is 48.6 Å². The molecule has 94 heavy (non-hydrogen) atoms. The van der Waals surface area contributed by atoms with Gasteiger partial charge in [0, 0.05) is 36.5 Å². The Balaban J connectivity index is 0.000000280. The van der Waals surface area contributed by atoms with Crippen molar-refractivity contribution in [1.29, 1.82) is 0 Å². The summed E-state index contributed by atoms with van der Waals surface area (Å²) < 4.78 is 135. The Hall–Kier alpha value is -9.70. The molecule has 0 spiro atoms. The quantitative estimate of drug-likeness (QED) is 0.0144. The molecular formula is C51H53Cl2F4N12O22PS2. The molecule has 0 fully saturated rings. The molecule has 1 aliphatic heterocycles. The molecule has 34 nitrogen and oxygen atoms in total. The van der Waals surface area contributed by atoms with E-state index < -0.39 is 123 Å². The topological polar surface area (TPSA) is 480 Å². The van der Waals surface area contributed by atoms with Crippen LogP contribution in [0.4, 0.5) is 44.7 Å². The van der Waals surface area contributed by atoms with Crippen LogP contribution in [0.15, 0.2) is 99.0 Å². The number of hydrogen-bond donors (Lipinski definition) is 9. The highest BCUT2D eigenvalue weighted by atomic mass is 35.5. The normalized spacial score (nSPS) is 12.9. The number of aromatic nitrogens is 5. The van der Waals surface area contributed by atoms with Gasteiger partial charge in [0.2, 0.25) is 35.4 Å². The number of carboxylic acids is 2. The van der Waals surface area contributed by atoms with Crippen LogP contribution >= 0.6 is 30.8 Å². The number of esters is 1. The zero-order chi connectivity index (χ0) is 70.4. The van der Waals surface area contributed by atoms with E-state index in [-0.39, 0.29) is 46.7 Å². The summed E-state index contributed by atoms with van der Waals surface area (Å²) in [5, 5.41) is 22.6. The predicted molar refractivity (Wildman–Crippen MR) is 317 cm³/mol. The number of hydrogen-bond acceptors (Lipinski definition) is 24. The summed E-state index contributed by atoms with van der Waals surface area (Å²) in [6, 6.07) is 10.9. The number of anilines is 3. The zero-order valence-corrected chi connectivity index (χ0v) is 52.9. The fourth-order valence-corrected chi connectivity index (χ4v) is 10.3. The highest BCUT2D eigenvalue weighted by Crippen LogP contribution is 2.37. The molecule has 0 saturated carbocycles. The molecule has 7 rings (SSSR count). The molecule has 0 atom stereocenters. The minimum Gasteiger partial charge on any atom is -0.481 e. The number of carbonyl (C=O) groups is 8. The standard InChI is InChI=1S/C19H17Cl2NO4.C15H18N6O6S.C14H10F4N4O7S.C3H8NO5P/c1-2-26-19(25)16(21)10-11-9-12(7-8-15(11)20)22-17(23)13-5-3-4-6-14(13)18(22)24;1-21(2)13(22)9-6-5-7-16-12(9)28(24,25)20-15(23)19-14-17-10(26-3)8-11(18-14)27-4;15-11(16)28-8-5-9(29-12(17)18)20-13(19-8)21-14(25)22-30(26,27)7-4-2-1-3-6(7)10(23)24;5-3(6)1-4-2-10(7,8)9/h7-10H,2-6H2,1H3;5-8H,1-4H3,(H2,17,18,19,20,23);1-5,11-12H,(H,23,24)(H2,19,20,21,22,25);4H,1-2H2,(H,5,6)(H2,7,8,9)/b16-10-;;;. The Labute approximate surface area is 538 Å². The van der Waals surface area contributed by atoms with Crippen LogP contribution in [-0.2, 0) is 48.5 Å². The van der Waals surface area contributed by atoms with Crippen molar-refractivity contribution in [3.63, 3.8) is 0 Å². The van der Waals surface area contributed by atoms with Gasteiger partial charge in [-0.2, -0.15) is 45.9 Å². The maximum absolute atomic E-state index is 12.7. The van der Waals surface area contributed by atoms with Crippen molar-refractivity contribution in [3.05, 3.63) is 111 Å². The second-order valence-corrected chi connectivity index (χ2v) is 23.8. The molecule has 0 bridgehead atoms. The summed E-state index contributed by atoms with van der Waals surface area (Å²) >= 11 is 12.1. The van der Waals surface area contributed by atoms with E-state index in [0.717, 1.165) is 25.0 Å². The van der Waals surface area contributed by atoms with Crippen molar-refractivity contribution in [2.45, 2.75) is 55.8 Å². The lowest BCUT2D eigenvalue weighted by Gasteiger charge is -2.16. The number of urea groups is 2. The number of ether oxygens (including phenoxy) is 5. The molecule has 0 unspecified atom stereocenters. The van der Waals surface area contributed by atoms with Crippen molar-refractivity contribution in [2.75, 3.05) is 63.3 Å². The first kappa shape index (κ1) is 76.8. The summed E-state index contributed by atoms with van der Waals surface area (Å²) in [5.74, 6) is -7.48. The number of methoxy groups -OCH3 is 2. The van der Waals surface area contributed by atoms with E-state index in [1.165, 1.54) is 85.4 Å². The molecule has 9 N–H and O–H groups in total. The number of imide groups is 1. The van der Waals surface area contributed by atoms with E-state index in [1.807, 2.05) is 0 Å². The smallest absolute Gasteiger partial charge is 0.388 e. The Bertz CT molecular complexity index is 3950. The molecular weight excluding hydrogens is 1370 g/mol. The Morgan fingerprint density at radius 1 is 0.745 bits per heavy atom. The van der Waals surface area contributed by atoms with E-state index in [0.29, 0.717) is 46.3 Å². The number of aliphatic carboxylic acids is 1. The number of rotatable bonds is 22. The highest BCUT2D eigenvalue weighted by Gasteiger charge is 2.40. The van der Waals surface area contributed by atoms with E-state index in [2.05, 4.69) is 45.0 Å². The fraction of sp³-hybridized carbons (Fsp3) is 0.275. The minimum absolute atomic E-state index is 0.0913. The molecule has 2 aliphatic rings. The van der Waals surface area contributed by atoms with Crippen LogP contribution < -0.4 is 49.2 Å². The van der Waals surface area contributed by atoms with Gasteiger partial charge in [-0.1, -0.05) is 35.3 Å². The van der Waals surface area contributed by atoms with E-state index in [9.17, 15) is 77.3 Å². The summed E-state index contributed by atoms with van der Waals surface area (Å²) in [5.41, 5.74) is 1.21. The molecule has 0 radical (unpaired) electrons. The zero-order valence-electron chi connectivity index (χ0n) is 48.9. The van der Waals surface area contributed by atoms with Gasteiger partial charge in [-0.3, -0.25) is 39.7 Å². The van der Waals surface area contributed by atoms with Gasteiger partial charge in [0.15, 0.2) is 5.03 Å². The fourth-order valence-electron chi connectivity index (χ4n) is 7.38. The van der Waals surface area contributed by atoms with Gasteiger partial charge in [-0.25, -0.2) is 46.9 Å². The van der Waals surface area contributed by atoms with Crippen LogP contribution in [0, 0.1) is 0 Å². The second kappa shape index (κ2) is 34.8. The number of pyridine rings is 1. The predicted octanol–water partition coefficient (Wildman–Crippen LogP) is 5.01. The number of alkyl halides is 4. The van der Waals surface area contributed by atoms with Gasteiger partial charge in [0.1, 0.15) is 9.93 Å². The third kappa shape index (κ3) is 23.5. The van der Waals surface area contributed by atoms with E-state index in [1.54, 1.807) is 35.2 Å². The van der Waals surface area contributed by atoms with Gasteiger partial charge in [0.25, 0.3) is 37.8 Å². The summed E-state index contributed by atoms with van der Waals surface area (Å²) in [6.07, 6.45) is 5.04. The second-order valence-electron chi connectivity index (χ2n) is 18.0.